The summed E-state index contributed by atoms with van der Waals surface area (Å²) in [5, 5.41) is 7.26. The molecule has 1 saturated heterocycles. The highest BCUT2D eigenvalue weighted by Crippen LogP contribution is 2.42. The summed E-state index contributed by atoms with van der Waals surface area (Å²) in [6.45, 7) is 6.61. The molecule has 8 nitrogen and oxygen atoms in total. The van der Waals surface area contributed by atoms with E-state index < -0.39 is 0 Å². The van der Waals surface area contributed by atoms with Crippen molar-refractivity contribution in [1.82, 2.24) is 19.7 Å². The summed E-state index contributed by atoms with van der Waals surface area (Å²) in [5.74, 6) is 1.10. The van der Waals surface area contributed by atoms with Gasteiger partial charge in [0.2, 0.25) is 5.91 Å². The van der Waals surface area contributed by atoms with Crippen LogP contribution in [0, 0.1) is 5.92 Å². The fraction of sp³-hybridized carbons (Fsp3) is 0.474. The van der Waals surface area contributed by atoms with Crippen LogP contribution in [0.25, 0.3) is 0 Å². The summed E-state index contributed by atoms with van der Waals surface area (Å²) in [5.41, 5.74) is 6.75. The number of nitrogens with one attached hydrogen (secondary N) is 1. The average Bonchev–Trinajstić information content (AvgIpc) is 3.16. The molecule has 0 radical (unpaired) electrons. The van der Waals surface area contributed by atoms with Crippen molar-refractivity contribution in [2.24, 2.45) is 23.7 Å². The first kappa shape index (κ1) is 18.9. The minimum atomic E-state index is -0.284. The number of hydrogen-bond acceptors (Lipinski definition) is 4. The lowest BCUT2D eigenvalue weighted by Gasteiger charge is -2.38. The molecule has 0 aliphatic carbocycles. The van der Waals surface area contributed by atoms with Gasteiger partial charge in [0.25, 0.3) is 0 Å². The standard InChI is InChI=1S/C19H27N7O/c1-19(2,3)26-16(27)9-13(17(26)14-11-23-25(4)12-14)10-22-18(20)24-15-7-5-6-8-21-15/h5-8,11-13,17H,9-10H2,1-4H3,(H3,20,21,22,24)/t13-,17+/m0/s1. The Kier molecular flexibility index (Phi) is 5.16. The number of aromatic nitrogens is 3. The molecule has 2 aromatic rings. The van der Waals surface area contributed by atoms with Crippen LogP contribution < -0.4 is 11.1 Å². The highest BCUT2D eigenvalue weighted by molar-refractivity contribution is 5.91. The van der Waals surface area contributed by atoms with Crippen molar-refractivity contribution in [3.63, 3.8) is 0 Å². The average molecular weight is 369 g/mol. The first-order valence-electron chi connectivity index (χ1n) is 9.04. The number of nitrogens with two attached hydrogens (primary N) is 1. The molecule has 1 fully saturated rings. The van der Waals surface area contributed by atoms with Crippen molar-refractivity contribution in [2.45, 2.75) is 38.8 Å². The van der Waals surface area contributed by atoms with E-state index in [0.717, 1.165) is 5.56 Å². The number of nitrogens with zero attached hydrogens (tertiary/aromatic N) is 5. The molecule has 2 aromatic heterocycles. The summed E-state index contributed by atoms with van der Waals surface area (Å²) >= 11 is 0. The van der Waals surface area contributed by atoms with Gasteiger partial charge >= 0.3 is 0 Å². The van der Waals surface area contributed by atoms with Gasteiger partial charge in [-0.3, -0.25) is 14.5 Å². The Morgan fingerprint density at radius 1 is 1.41 bits per heavy atom. The highest BCUT2D eigenvalue weighted by Gasteiger charge is 2.45. The number of likely N-dealkylation sites (tertiary alicyclic amines) is 1. The molecule has 0 aromatic carbocycles. The monoisotopic (exact) mass is 369 g/mol. The zero-order chi connectivity index (χ0) is 19.6. The summed E-state index contributed by atoms with van der Waals surface area (Å²) < 4.78 is 1.76. The molecular formula is C19H27N7O. The van der Waals surface area contributed by atoms with Crippen LogP contribution in [-0.4, -0.2) is 43.6 Å². The maximum absolute atomic E-state index is 12.8. The van der Waals surface area contributed by atoms with E-state index in [1.165, 1.54) is 0 Å². The Morgan fingerprint density at radius 3 is 2.78 bits per heavy atom. The SMILES string of the molecule is Cn1cc([C@H]2[C@H](CN=C(N)Nc3ccccn3)CC(=O)N2C(C)(C)C)cn1. The smallest absolute Gasteiger partial charge is 0.223 e. The highest BCUT2D eigenvalue weighted by atomic mass is 16.2. The Morgan fingerprint density at radius 2 is 2.19 bits per heavy atom. The van der Waals surface area contributed by atoms with Crippen LogP contribution in [-0.2, 0) is 11.8 Å². The molecule has 0 unspecified atom stereocenters. The topological polar surface area (TPSA) is 101 Å². The number of aliphatic imine (C=N–C) groups is 1. The van der Waals surface area contributed by atoms with Gasteiger partial charge in [-0.25, -0.2) is 4.98 Å². The number of guanidine groups is 1. The van der Waals surface area contributed by atoms with E-state index in [4.69, 9.17) is 5.73 Å². The van der Waals surface area contributed by atoms with Crippen LogP contribution in [0.1, 0.15) is 38.8 Å². The molecule has 8 heteroatoms. The minimum Gasteiger partial charge on any atom is -0.370 e. The molecule has 0 saturated carbocycles. The summed E-state index contributed by atoms with van der Waals surface area (Å²) in [6.07, 6.45) is 5.92. The number of hydrogen-bond donors (Lipinski definition) is 2. The predicted octanol–water partition coefficient (Wildman–Crippen LogP) is 1.93. The Hall–Kier alpha value is -2.90. The van der Waals surface area contributed by atoms with Gasteiger partial charge in [0.15, 0.2) is 5.96 Å². The maximum Gasteiger partial charge on any atom is 0.223 e. The third-order valence-corrected chi connectivity index (χ3v) is 4.64. The zero-order valence-corrected chi connectivity index (χ0v) is 16.3. The lowest BCUT2D eigenvalue weighted by Crippen LogP contribution is -2.44. The number of aryl methyl sites for hydroxylation is 1. The molecule has 3 heterocycles. The van der Waals surface area contributed by atoms with Crippen LogP contribution in [0.2, 0.25) is 0 Å². The second kappa shape index (κ2) is 7.38. The van der Waals surface area contributed by atoms with Gasteiger partial charge in [0.1, 0.15) is 5.82 Å². The van der Waals surface area contributed by atoms with E-state index in [2.05, 4.69) is 41.2 Å². The van der Waals surface area contributed by atoms with Gasteiger partial charge < -0.3 is 16.0 Å². The number of anilines is 1. The van der Waals surface area contributed by atoms with Gasteiger partial charge in [0.05, 0.1) is 12.2 Å². The molecular weight excluding hydrogens is 342 g/mol. The second-order valence-corrected chi connectivity index (χ2v) is 7.86. The normalized spacial score (nSPS) is 21.0. The number of carbonyl (C=O) groups excluding carboxylic acids is 1. The van der Waals surface area contributed by atoms with E-state index in [1.54, 1.807) is 10.9 Å². The van der Waals surface area contributed by atoms with Gasteiger partial charge in [-0.2, -0.15) is 5.10 Å². The summed E-state index contributed by atoms with van der Waals surface area (Å²) in [6, 6.07) is 5.46. The largest absolute Gasteiger partial charge is 0.370 e. The molecule has 0 spiro atoms. The van der Waals surface area contributed by atoms with E-state index in [9.17, 15) is 4.79 Å². The van der Waals surface area contributed by atoms with Crippen LogP contribution >= 0.6 is 0 Å². The molecule has 1 aliphatic heterocycles. The Labute approximate surface area is 159 Å². The third-order valence-electron chi connectivity index (χ3n) is 4.64. The van der Waals surface area contributed by atoms with E-state index in [0.29, 0.717) is 24.7 Å². The number of pyridine rings is 1. The van der Waals surface area contributed by atoms with Crippen LogP contribution in [0.5, 0.6) is 0 Å². The molecule has 144 valence electrons. The van der Waals surface area contributed by atoms with Gasteiger partial charge in [0, 0.05) is 49.4 Å². The van der Waals surface area contributed by atoms with Crippen molar-refractivity contribution < 1.29 is 4.79 Å². The van der Waals surface area contributed by atoms with Gasteiger partial charge in [-0.05, 0) is 32.9 Å². The zero-order valence-electron chi connectivity index (χ0n) is 16.3. The molecule has 1 aliphatic rings. The van der Waals surface area contributed by atoms with E-state index in [-0.39, 0.29) is 23.4 Å². The molecule has 27 heavy (non-hydrogen) atoms. The Bertz CT molecular complexity index is 822. The first-order valence-corrected chi connectivity index (χ1v) is 9.04. The van der Waals surface area contributed by atoms with Gasteiger partial charge in [-0.15, -0.1) is 0 Å². The van der Waals surface area contributed by atoms with Crippen LogP contribution in [0.3, 0.4) is 0 Å². The van der Waals surface area contributed by atoms with E-state index >= 15 is 0 Å². The van der Waals surface area contributed by atoms with E-state index in [1.807, 2.05) is 42.5 Å². The van der Waals surface area contributed by atoms with Crippen LogP contribution in [0.15, 0.2) is 41.8 Å². The number of rotatable bonds is 4. The predicted molar refractivity (Wildman–Crippen MR) is 105 cm³/mol. The van der Waals surface area contributed by atoms with Crippen molar-refractivity contribution in [1.29, 1.82) is 0 Å². The molecule has 0 bridgehead atoms. The van der Waals surface area contributed by atoms with Crippen LogP contribution in [0.4, 0.5) is 5.82 Å². The van der Waals surface area contributed by atoms with Crippen molar-refractivity contribution in [2.75, 3.05) is 11.9 Å². The lowest BCUT2D eigenvalue weighted by molar-refractivity contribution is -0.133. The molecule has 2 atom stereocenters. The van der Waals surface area contributed by atoms with Crippen molar-refractivity contribution in [3.05, 3.63) is 42.4 Å². The molecule has 3 rings (SSSR count). The Balaban J connectivity index is 1.80. The lowest BCUT2D eigenvalue weighted by atomic mass is 9.93. The molecule has 1 amide bonds. The number of amides is 1. The quantitative estimate of drug-likeness (QED) is 0.633. The van der Waals surface area contributed by atoms with Gasteiger partial charge in [-0.1, -0.05) is 6.07 Å². The fourth-order valence-electron chi connectivity index (χ4n) is 3.59. The van der Waals surface area contributed by atoms with Crippen molar-refractivity contribution >= 4 is 17.7 Å². The first-order chi connectivity index (χ1) is 12.8. The second-order valence-electron chi connectivity index (χ2n) is 7.86. The summed E-state index contributed by atoms with van der Waals surface area (Å²) in [4.78, 5) is 23.3. The van der Waals surface area contributed by atoms with Crippen molar-refractivity contribution in [3.8, 4) is 0 Å². The fourth-order valence-corrected chi connectivity index (χ4v) is 3.59. The summed E-state index contributed by atoms with van der Waals surface area (Å²) in [7, 11) is 1.88. The minimum absolute atomic E-state index is 0.0324. The maximum atomic E-state index is 12.8. The molecule has 3 N–H and O–H groups in total. The number of carbonyl (C=O) groups is 1. The third kappa shape index (κ3) is 4.27.